The molecule has 1 aromatic heterocycles. The summed E-state index contributed by atoms with van der Waals surface area (Å²) in [6.07, 6.45) is 2.40. The molecule has 1 N–H and O–H groups in total. The summed E-state index contributed by atoms with van der Waals surface area (Å²) in [7, 11) is -3.41. The van der Waals surface area contributed by atoms with E-state index in [-0.39, 0.29) is 25.0 Å². The Labute approximate surface area is 308 Å². The Morgan fingerprint density at radius 1 is 1.02 bits per heavy atom. The molecule has 5 aromatic rings. The van der Waals surface area contributed by atoms with E-state index in [0.29, 0.717) is 40.6 Å². The van der Waals surface area contributed by atoms with Crippen LogP contribution in [0.15, 0.2) is 109 Å². The molecule has 0 saturated carbocycles. The van der Waals surface area contributed by atoms with Gasteiger partial charge in [0, 0.05) is 46.2 Å². The van der Waals surface area contributed by atoms with Gasteiger partial charge in [0.2, 0.25) is 14.8 Å². The van der Waals surface area contributed by atoms with Crippen molar-refractivity contribution in [1.29, 1.82) is 0 Å². The molecule has 1 fully saturated rings. The smallest absolute Gasteiger partial charge is 0.264 e. The summed E-state index contributed by atoms with van der Waals surface area (Å²) in [5, 5.41) is 19.3. The highest BCUT2D eigenvalue weighted by atomic mass is 35.5. The van der Waals surface area contributed by atoms with E-state index in [9.17, 15) is 14.7 Å². The third-order valence-electron chi connectivity index (χ3n) is 10.5. The Bertz CT molecular complexity index is 2060. The van der Waals surface area contributed by atoms with Crippen molar-refractivity contribution in [1.82, 2.24) is 15.0 Å². The van der Waals surface area contributed by atoms with Gasteiger partial charge in [0.15, 0.2) is 5.60 Å². The summed E-state index contributed by atoms with van der Waals surface area (Å²) in [6, 6.07) is 31.8. The summed E-state index contributed by atoms with van der Waals surface area (Å²) in [6.45, 7) is 5.75. The molecule has 268 valence electrons. The Morgan fingerprint density at radius 3 is 2.42 bits per heavy atom. The molecule has 2 aliphatic rings. The van der Waals surface area contributed by atoms with Gasteiger partial charge in [-0.15, -0.1) is 5.10 Å². The number of aromatic nitrogens is 3. The summed E-state index contributed by atoms with van der Waals surface area (Å²) in [5.74, 6) is -1.08. The van der Waals surface area contributed by atoms with Crippen LogP contribution in [0, 0.1) is 5.92 Å². The van der Waals surface area contributed by atoms with Crippen molar-refractivity contribution in [2.75, 3.05) is 16.4 Å². The summed E-state index contributed by atoms with van der Waals surface area (Å²) >= 11 is 6.58. The number of hydrogen-bond acceptors (Lipinski definition) is 6. The van der Waals surface area contributed by atoms with Crippen molar-refractivity contribution in [2.24, 2.45) is 5.92 Å². The van der Waals surface area contributed by atoms with Gasteiger partial charge in [0.25, 0.3) is 5.91 Å². The number of anilines is 3. The average Bonchev–Trinajstić information content (AvgIpc) is 3.79. The number of aliphatic hydroxyl groups is 1. The number of amides is 2. The zero-order valence-corrected chi connectivity index (χ0v) is 31.0. The van der Waals surface area contributed by atoms with E-state index in [1.165, 1.54) is 0 Å². The fourth-order valence-electron chi connectivity index (χ4n) is 8.19. The highest BCUT2D eigenvalue weighted by Crippen LogP contribution is 2.60. The number of carbonyl (C=O) groups is 2. The van der Waals surface area contributed by atoms with Crippen LogP contribution in [-0.4, -0.2) is 53.5 Å². The number of halogens is 2. The number of para-hydroxylation sites is 1. The number of ether oxygens (including phenoxy) is 1. The van der Waals surface area contributed by atoms with Crippen molar-refractivity contribution in [3.63, 3.8) is 0 Å². The summed E-state index contributed by atoms with van der Waals surface area (Å²) < 4.78 is 25.0. The lowest BCUT2D eigenvalue weighted by molar-refractivity contribution is -0.146. The topological polar surface area (TPSA) is 101 Å². The quantitative estimate of drug-likeness (QED) is 0.0799. The fraction of sp³-hybridized carbons (Fsp3) is 0.300. The maximum Gasteiger partial charge on any atom is 0.264 e. The molecule has 52 heavy (non-hydrogen) atoms. The predicted molar refractivity (Wildman–Crippen MR) is 202 cm³/mol. The van der Waals surface area contributed by atoms with Crippen molar-refractivity contribution in [3.8, 4) is 0 Å². The van der Waals surface area contributed by atoms with Crippen LogP contribution in [0.25, 0.3) is 0 Å². The van der Waals surface area contributed by atoms with Crippen molar-refractivity contribution in [2.45, 2.75) is 62.7 Å². The van der Waals surface area contributed by atoms with Crippen LogP contribution in [0.3, 0.4) is 0 Å². The molecule has 7 rings (SSSR count). The number of hydrogen-bond donors (Lipinski definition) is 1. The van der Waals surface area contributed by atoms with Crippen LogP contribution in [0.4, 0.5) is 21.2 Å². The molecule has 2 amide bonds. The fourth-order valence-corrected chi connectivity index (χ4v) is 10.9. The summed E-state index contributed by atoms with van der Waals surface area (Å²) in [4.78, 5) is 30.3. The summed E-state index contributed by atoms with van der Waals surface area (Å²) in [5.41, 5.74) is 3.12. The Kier molecular flexibility index (Phi) is 9.88. The van der Waals surface area contributed by atoms with Crippen molar-refractivity contribution < 1.29 is 23.5 Å². The molecule has 2 aliphatic heterocycles. The van der Waals surface area contributed by atoms with Gasteiger partial charge in [-0.2, -0.15) is 0 Å². The first-order valence-corrected chi connectivity index (χ1v) is 20.8. The van der Waals surface area contributed by atoms with Gasteiger partial charge < -0.3 is 18.9 Å². The minimum Gasteiger partial charge on any atom is -0.395 e. The number of aryl methyl sites for hydroxylation is 1. The molecule has 3 heterocycles. The minimum atomic E-state index is -3.41. The van der Waals surface area contributed by atoms with Crippen LogP contribution >= 0.6 is 11.6 Å². The maximum atomic E-state index is 16.4. The zero-order valence-electron chi connectivity index (χ0n) is 29.3. The first-order chi connectivity index (χ1) is 25.0. The highest BCUT2D eigenvalue weighted by Gasteiger charge is 2.66. The SMILES string of the molecule is C[C@H]1[C@H]([Si](C)(C)F)[C@@H](CCn2cc(C(CO)c3ccccc3)nn2)O[C@]12C(=O)N(Cc1cccc(N(C=O)c3ccccc3)c1)c1ccc(Cl)cc12. The number of carbonyl (C=O) groups excluding carboxylic acids is 2. The number of benzene rings is 4. The van der Waals surface area contributed by atoms with E-state index in [4.69, 9.17) is 16.3 Å². The third-order valence-corrected chi connectivity index (χ3v) is 13.2. The van der Waals surface area contributed by atoms with Gasteiger partial charge in [-0.1, -0.05) is 84.4 Å². The average molecular weight is 738 g/mol. The van der Waals surface area contributed by atoms with E-state index >= 15 is 4.11 Å². The molecule has 1 saturated heterocycles. The Hall–Kier alpha value is -4.68. The van der Waals surface area contributed by atoms with E-state index in [1.807, 2.05) is 104 Å². The van der Waals surface area contributed by atoms with Gasteiger partial charge in [-0.05, 0) is 73.1 Å². The lowest BCUT2D eigenvalue weighted by atomic mass is 9.82. The predicted octanol–water partition coefficient (Wildman–Crippen LogP) is 7.76. The first-order valence-electron chi connectivity index (χ1n) is 17.5. The lowest BCUT2D eigenvalue weighted by Gasteiger charge is -2.31. The van der Waals surface area contributed by atoms with Gasteiger partial charge in [-0.25, -0.2) is 0 Å². The van der Waals surface area contributed by atoms with Gasteiger partial charge in [0.05, 0.1) is 36.6 Å². The van der Waals surface area contributed by atoms with Gasteiger partial charge in [0.1, 0.15) is 0 Å². The molecule has 1 unspecified atom stereocenters. The number of nitrogens with zero attached hydrogens (tertiary/aromatic N) is 5. The largest absolute Gasteiger partial charge is 0.395 e. The molecule has 0 aliphatic carbocycles. The molecule has 0 radical (unpaired) electrons. The molecule has 12 heteroatoms. The van der Waals surface area contributed by atoms with Crippen LogP contribution in [0.2, 0.25) is 23.7 Å². The van der Waals surface area contributed by atoms with E-state index in [1.54, 1.807) is 39.7 Å². The van der Waals surface area contributed by atoms with Crippen LogP contribution in [0.5, 0.6) is 0 Å². The highest BCUT2D eigenvalue weighted by molar-refractivity contribution is 6.72. The monoisotopic (exact) mass is 737 g/mol. The number of fused-ring (bicyclic) bond motifs is 2. The van der Waals surface area contributed by atoms with Crippen LogP contribution in [0.1, 0.15) is 41.6 Å². The maximum absolute atomic E-state index is 16.4. The Balaban J connectivity index is 1.18. The molecule has 0 bridgehead atoms. The second kappa shape index (κ2) is 14.4. The number of aliphatic hydroxyl groups excluding tert-OH is 1. The number of rotatable bonds is 12. The normalized spacial score (nSPS) is 21.8. The van der Waals surface area contributed by atoms with Gasteiger partial charge in [-0.3, -0.25) is 19.2 Å². The van der Waals surface area contributed by atoms with Crippen molar-refractivity contribution in [3.05, 3.63) is 137 Å². The van der Waals surface area contributed by atoms with Crippen molar-refractivity contribution >= 4 is 49.4 Å². The first kappa shape index (κ1) is 35.7. The Morgan fingerprint density at radius 2 is 1.73 bits per heavy atom. The van der Waals surface area contributed by atoms with Crippen LogP contribution < -0.4 is 9.80 Å². The molecule has 1 spiro atoms. The van der Waals surface area contributed by atoms with E-state index in [0.717, 1.165) is 23.2 Å². The standard InChI is InChI=1S/C40H41ClFN5O4Si/c1-27-38(52(2,3)42)37(19-20-45-24-35(43-44-45)33(25-48)29-12-6-4-7-13-29)51-40(27)34-22-30(41)17-18-36(34)46(39(40)50)23-28-11-10-16-32(21-28)47(26-49)31-14-8-5-9-15-31/h4-18,21-22,24,26-27,33,37-38,48H,19-20,23,25H2,1-3H3/t27-,33?,37+,38-,40+/m0/s1. The van der Waals surface area contributed by atoms with E-state index < -0.39 is 31.6 Å². The lowest BCUT2D eigenvalue weighted by Crippen LogP contribution is -2.45. The molecular formula is C40H41ClFN5O4Si. The second-order valence-corrected chi connectivity index (χ2v) is 18.4. The molecule has 4 aromatic carbocycles. The minimum absolute atomic E-state index is 0.120. The van der Waals surface area contributed by atoms with Crippen LogP contribution in [-0.2, 0) is 33.0 Å². The second-order valence-electron chi connectivity index (χ2n) is 14.1. The zero-order chi connectivity index (χ0) is 36.6. The third kappa shape index (κ3) is 6.47. The van der Waals surface area contributed by atoms with E-state index in [2.05, 4.69) is 10.3 Å². The molecule has 5 atom stereocenters. The van der Waals surface area contributed by atoms with Gasteiger partial charge >= 0.3 is 0 Å². The molecular weight excluding hydrogens is 697 g/mol. The molecule has 9 nitrogen and oxygen atoms in total.